The molecule has 0 N–H and O–H groups in total. The number of fused-ring (bicyclic) bond motifs is 1. The molecule has 5 nitrogen and oxygen atoms in total. The van der Waals surface area contributed by atoms with Crippen molar-refractivity contribution in [1.82, 2.24) is 10.1 Å². The van der Waals surface area contributed by atoms with Gasteiger partial charge in [0.25, 0.3) is 5.91 Å². The lowest BCUT2D eigenvalue weighted by atomic mass is 10.0. The van der Waals surface area contributed by atoms with Crippen LogP contribution in [0, 0.1) is 13.8 Å². The molecule has 170 valence electrons. The van der Waals surface area contributed by atoms with E-state index in [1.165, 1.54) is 11.3 Å². The van der Waals surface area contributed by atoms with E-state index in [2.05, 4.69) is 5.16 Å². The Morgan fingerprint density at radius 2 is 1.71 bits per heavy atom. The molecule has 2 heterocycles. The van der Waals surface area contributed by atoms with Gasteiger partial charge < -0.3 is 4.52 Å². The fourth-order valence-electron chi connectivity index (χ4n) is 3.79. The zero-order valence-electron chi connectivity index (χ0n) is 18.4. The molecule has 5 rings (SSSR count). The Hall–Kier alpha value is -3.19. The Bertz CT molecular complexity index is 1510. The van der Waals surface area contributed by atoms with Gasteiger partial charge in [-0.1, -0.05) is 88.2 Å². The lowest BCUT2D eigenvalue weighted by Crippen LogP contribution is -2.31. The maximum Gasteiger partial charge on any atom is 0.266 e. The minimum atomic E-state index is -0.264. The molecule has 0 unspecified atom stereocenters. The van der Waals surface area contributed by atoms with Gasteiger partial charge in [-0.3, -0.25) is 9.69 Å². The Morgan fingerprint density at radius 3 is 2.47 bits per heavy atom. The van der Waals surface area contributed by atoms with Gasteiger partial charge in [0.1, 0.15) is 17.0 Å². The number of aromatic nitrogens is 2. The molecule has 1 amide bonds. The van der Waals surface area contributed by atoms with Gasteiger partial charge in [-0.2, -0.15) is 0 Å². The summed E-state index contributed by atoms with van der Waals surface area (Å²) in [7, 11) is 0. The average Bonchev–Trinajstić information content (AvgIpc) is 3.44. The van der Waals surface area contributed by atoms with E-state index in [1.54, 1.807) is 17.9 Å². The average molecular weight is 508 g/mol. The second-order valence-corrected chi connectivity index (χ2v) is 9.66. The predicted octanol–water partition coefficient (Wildman–Crippen LogP) is 7.72. The number of nitrogens with zero attached hydrogens (tertiary/aromatic N) is 3. The Morgan fingerprint density at radius 1 is 0.971 bits per heavy atom. The molecule has 0 aliphatic carbocycles. The predicted molar refractivity (Wildman–Crippen MR) is 138 cm³/mol. The van der Waals surface area contributed by atoms with Crippen molar-refractivity contribution in [3.8, 4) is 11.3 Å². The van der Waals surface area contributed by atoms with Crippen molar-refractivity contribution in [3.05, 3.63) is 99.2 Å². The van der Waals surface area contributed by atoms with E-state index in [1.807, 2.05) is 67.6 Å². The van der Waals surface area contributed by atoms with Crippen molar-refractivity contribution in [2.24, 2.45) is 0 Å². The van der Waals surface area contributed by atoms with Crippen LogP contribution in [0.5, 0.6) is 0 Å². The van der Waals surface area contributed by atoms with Crippen LogP contribution in [-0.2, 0) is 6.54 Å². The first-order valence-electron chi connectivity index (χ1n) is 10.6. The number of anilines is 1. The van der Waals surface area contributed by atoms with Crippen LogP contribution in [0.1, 0.15) is 27.2 Å². The number of amides is 1. The van der Waals surface area contributed by atoms with Crippen LogP contribution < -0.4 is 4.90 Å². The number of hydrogen-bond donors (Lipinski definition) is 0. The molecule has 0 aliphatic heterocycles. The van der Waals surface area contributed by atoms with Crippen LogP contribution >= 0.6 is 34.5 Å². The van der Waals surface area contributed by atoms with Crippen molar-refractivity contribution in [1.29, 1.82) is 0 Å². The van der Waals surface area contributed by atoms with Gasteiger partial charge in [0.15, 0.2) is 5.13 Å². The number of rotatable bonds is 5. The zero-order chi connectivity index (χ0) is 23.8. The van der Waals surface area contributed by atoms with Gasteiger partial charge in [-0.05, 0) is 43.2 Å². The highest BCUT2D eigenvalue weighted by molar-refractivity contribution is 7.22. The van der Waals surface area contributed by atoms with Gasteiger partial charge in [0.05, 0.1) is 21.8 Å². The molecule has 0 spiro atoms. The van der Waals surface area contributed by atoms with Gasteiger partial charge >= 0.3 is 0 Å². The molecule has 0 aliphatic rings. The van der Waals surface area contributed by atoms with E-state index in [0.29, 0.717) is 44.3 Å². The van der Waals surface area contributed by atoms with E-state index in [-0.39, 0.29) is 5.91 Å². The molecule has 0 saturated carbocycles. The largest absolute Gasteiger partial charge is 0.360 e. The first-order chi connectivity index (χ1) is 16.4. The van der Waals surface area contributed by atoms with Crippen molar-refractivity contribution in [2.45, 2.75) is 20.4 Å². The molecule has 3 aromatic carbocycles. The molecule has 5 aromatic rings. The first kappa shape index (κ1) is 22.6. The molecule has 0 radical (unpaired) electrons. The number of benzene rings is 3. The molecule has 34 heavy (non-hydrogen) atoms. The quantitative estimate of drug-likeness (QED) is 0.244. The van der Waals surface area contributed by atoms with E-state index < -0.39 is 0 Å². The molecule has 8 heteroatoms. The maximum absolute atomic E-state index is 14.1. The second kappa shape index (κ2) is 9.22. The highest BCUT2D eigenvalue weighted by Gasteiger charge is 2.30. The Kier molecular flexibility index (Phi) is 6.13. The van der Waals surface area contributed by atoms with E-state index in [9.17, 15) is 4.79 Å². The highest BCUT2D eigenvalue weighted by atomic mass is 35.5. The summed E-state index contributed by atoms with van der Waals surface area (Å²) >= 11 is 14.2. The molecular formula is C26H19Cl2N3O2S. The minimum Gasteiger partial charge on any atom is -0.360 e. The van der Waals surface area contributed by atoms with E-state index >= 15 is 0 Å². The van der Waals surface area contributed by atoms with Crippen molar-refractivity contribution < 1.29 is 9.32 Å². The third-order valence-electron chi connectivity index (χ3n) is 5.60. The van der Waals surface area contributed by atoms with Gasteiger partial charge in [-0.25, -0.2) is 4.98 Å². The third-order valence-corrected chi connectivity index (χ3v) is 7.38. The smallest absolute Gasteiger partial charge is 0.266 e. The van der Waals surface area contributed by atoms with Crippen molar-refractivity contribution >= 4 is 55.8 Å². The molecule has 0 fully saturated rings. The number of aryl methyl sites for hydroxylation is 2. The number of carbonyl (C=O) groups excluding carboxylic acids is 1. The van der Waals surface area contributed by atoms with Crippen LogP contribution in [0.15, 0.2) is 71.3 Å². The minimum absolute atomic E-state index is 0.264. The lowest BCUT2D eigenvalue weighted by Gasteiger charge is -2.20. The molecule has 0 bridgehead atoms. The molecule has 0 atom stereocenters. The number of thiazole rings is 1. The normalized spacial score (nSPS) is 11.2. The Balaban J connectivity index is 1.65. The summed E-state index contributed by atoms with van der Waals surface area (Å²) in [6.07, 6.45) is 0. The fourth-order valence-corrected chi connectivity index (χ4v) is 5.19. The highest BCUT2D eigenvalue weighted by Crippen LogP contribution is 2.37. The van der Waals surface area contributed by atoms with Crippen LogP contribution in [0.3, 0.4) is 0 Å². The second-order valence-electron chi connectivity index (χ2n) is 7.83. The molecule has 0 saturated heterocycles. The number of halogens is 2. The summed E-state index contributed by atoms with van der Waals surface area (Å²) in [5.41, 5.74) is 4.04. The monoisotopic (exact) mass is 507 g/mol. The first-order valence-corrected chi connectivity index (χ1v) is 12.1. The van der Waals surface area contributed by atoms with Gasteiger partial charge in [0.2, 0.25) is 0 Å². The zero-order valence-corrected chi connectivity index (χ0v) is 20.7. The van der Waals surface area contributed by atoms with Crippen LogP contribution in [0.4, 0.5) is 5.13 Å². The summed E-state index contributed by atoms with van der Waals surface area (Å²) < 4.78 is 6.42. The van der Waals surface area contributed by atoms with Crippen LogP contribution in [0.2, 0.25) is 10.0 Å². The summed E-state index contributed by atoms with van der Waals surface area (Å²) in [5.74, 6) is 0.152. The van der Waals surface area contributed by atoms with Crippen LogP contribution in [-0.4, -0.2) is 16.0 Å². The third kappa shape index (κ3) is 4.09. The SMILES string of the molecule is Cc1onc(-c2ccccc2Cl)c1C(=O)N(Cc1ccccc1)c1nc2c(C)c(Cl)ccc2s1. The van der Waals surface area contributed by atoms with Gasteiger partial charge in [0, 0.05) is 10.6 Å². The maximum atomic E-state index is 14.1. The van der Waals surface area contributed by atoms with Crippen molar-refractivity contribution in [3.63, 3.8) is 0 Å². The van der Waals surface area contributed by atoms with Crippen molar-refractivity contribution in [2.75, 3.05) is 4.90 Å². The molecular weight excluding hydrogens is 489 g/mol. The molecule has 2 aromatic heterocycles. The van der Waals surface area contributed by atoms with E-state index in [0.717, 1.165) is 21.3 Å². The lowest BCUT2D eigenvalue weighted by molar-refractivity contribution is 0.0984. The summed E-state index contributed by atoms with van der Waals surface area (Å²) in [4.78, 5) is 20.6. The van der Waals surface area contributed by atoms with Gasteiger partial charge in [-0.15, -0.1) is 0 Å². The number of hydrogen-bond acceptors (Lipinski definition) is 5. The van der Waals surface area contributed by atoms with Crippen LogP contribution in [0.25, 0.3) is 21.5 Å². The number of carbonyl (C=O) groups is 1. The summed E-state index contributed by atoms with van der Waals surface area (Å²) in [6, 6.07) is 20.8. The fraction of sp³-hybridized carbons (Fsp3) is 0.115. The Labute approximate surface area is 210 Å². The summed E-state index contributed by atoms with van der Waals surface area (Å²) in [5, 5.41) is 5.88. The summed E-state index contributed by atoms with van der Waals surface area (Å²) in [6.45, 7) is 3.99. The van der Waals surface area contributed by atoms with E-state index in [4.69, 9.17) is 32.7 Å². The topological polar surface area (TPSA) is 59.2 Å². The standard InChI is InChI=1S/C26H19Cl2N3O2S/c1-15-19(27)12-13-21-23(15)29-26(34-21)31(14-17-8-4-3-5-9-17)25(32)22-16(2)33-30-24(22)18-10-6-7-11-20(18)28/h3-13H,14H2,1-2H3.